The van der Waals surface area contributed by atoms with Crippen molar-refractivity contribution >= 4 is 5.91 Å². The summed E-state index contributed by atoms with van der Waals surface area (Å²) in [5, 5.41) is 2.83. The Morgan fingerprint density at radius 3 is 2.53 bits per heavy atom. The Balaban J connectivity index is 2.21. The van der Waals surface area contributed by atoms with Crippen LogP contribution in [0.2, 0.25) is 0 Å². The van der Waals surface area contributed by atoms with Gasteiger partial charge in [-0.3, -0.25) is 4.79 Å². The zero-order chi connectivity index (χ0) is 12.7. The Hall–Kier alpha value is -1.38. The minimum absolute atomic E-state index is 0.0648. The van der Waals surface area contributed by atoms with E-state index in [9.17, 15) is 9.18 Å². The first-order valence-electron chi connectivity index (χ1n) is 6.09. The molecule has 1 aromatic carbocycles. The Kier molecular flexibility index (Phi) is 5.67. The topological polar surface area (TPSA) is 29.1 Å². The first-order valence-corrected chi connectivity index (χ1v) is 6.09. The van der Waals surface area contributed by atoms with E-state index in [1.165, 1.54) is 12.1 Å². The summed E-state index contributed by atoms with van der Waals surface area (Å²) in [6, 6.07) is 6.17. The fraction of sp³-hybridized carbons (Fsp3) is 0.500. The normalized spacial score (nSPS) is 10.6. The van der Waals surface area contributed by atoms with Crippen molar-refractivity contribution in [3.63, 3.8) is 0 Å². The molecule has 2 nitrogen and oxygen atoms in total. The van der Waals surface area contributed by atoms with Gasteiger partial charge in [-0.15, -0.1) is 0 Å². The number of carbonyl (C=O) groups excluding carboxylic acids is 1. The molecule has 0 aliphatic heterocycles. The van der Waals surface area contributed by atoms with E-state index in [0.717, 1.165) is 18.4 Å². The quantitative estimate of drug-likeness (QED) is 0.808. The van der Waals surface area contributed by atoms with E-state index in [4.69, 9.17) is 0 Å². The molecule has 0 heterocycles. The standard InChI is InChI=1S/C14H20FNO/c1-11(2)4-3-5-14(17)16-10-12-6-8-13(15)9-7-12/h6-9,11H,3-5,10H2,1-2H3,(H,16,17). The summed E-state index contributed by atoms with van der Waals surface area (Å²) in [5.41, 5.74) is 0.920. The number of benzene rings is 1. The van der Waals surface area contributed by atoms with Gasteiger partial charge in [-0.1, -0.05) is 32.4 Å². The zero-order valence-electron chi connectivity index (χ0n) is 10.5. The van der Waals surface area contributed by atoms with Crippen LogP contribution in [-0.2, 0) is 11.3 Å². The minimum atomic E-state index is -0.253. The van der Waals surface area contributed by atoms with Crippen molar-refractivity contribution in [1.82, 2.24) is 5.32 Å². The van der Waals surface area contributed by atoms with E-state index in [1.807, 2.05) is 0 Å². The van der Waals surface area contributed by atoms with Crippen LogP contribution in [0.25, 0.3) is 0 Å². The molecule has 0 aliphatic rings. The highest BCUT2D eigenvalue weighted by atomic mass is 19.1. The van der Waals surface area contributed by atoms with E-state index in [2.05, 4.69) is 19.2 Å². The Morgan fingerprint density at radius 1 is 1.29 bits per heavy atom. The highest BCUT2D eigenvalue weighted by molar-refractivity contribution is 5.75. The van der Waals surface area contributed by atoms with E-state index >= 15 is 0 Å². The SMILES string of the molecule is CC(C)CCCC(=O)NCc1ccc(F)cc1. The van der Waals surface area contributed by atoms with Crippen LogP contribution in [0.4, 0.5) is 4.39 Å². The third-order valence-electron chi connectivity index (χ3n) is 2.59. The number of amides is 1. The number of hydrogen-bond donors (Lipinski definition) is 1. The average Bonchev–Trinajstić information content (AvgIpc) is 2.28. The van der Waals surface area contributed by atoms with Crippen LogP contribution in [0.5, 0.6) is 0 Å². The lowest BCUT2D eigenvalue weighted by Gasteiger charge is -2.06. The van der Waals surface area contributed by atoms with Crippen molar-refractivity contribution in [2.24, 2.45) is 5.92 Å². The molecule has 0 aliphatic carbocycles. The van der Waals surface area contributed by atoms with E-state index in [1.54, 1.807) is 12.1 Å². The van der Waals surface area contributed by atoms with Gasteiger partial charge in [0.25, 0.3) is 0 Å². The summed E-state index contributed by atoms with van der Waals surface area (Å²) in [5.74, 6) is 0.451. The largest absolute Gasteiger partial charge is 0.352 e. The first kappa shape index (κ1) is 13.7. The molecule has 0 atom stereocenters. The first-order chi connectivity index (χ1) is 8.08. The molecule has 0 unspecified atom stereocenters. The van der Waals surface area contributed by atoms with E-state index in [-0.39, 0.29) is 11.7 Å². The van der Waals surface area contributed by atoms with Crippen molar-refractivity contribution in [2.45, 2.75) is 39.7 Å². The van der Waals surface area contributed by atoms with Crippen molar-refractivity contribution in [1.29, 1.82) is 0 Å². The molecule has 1 rings (SSSR count). The molecule has 1 N–H and O–H groups in total. The van der Waals surface area contributed by atoms with Crippen molar-refractivity contribution in [2.75, 3.05) is 0 Å². The van der Waals surface area contributed by atoms with Gasteiger partial charge < -0.3 is 5.32 Å². The number of carbonyl (C=O) groups is 1. The second-order valence-electron chi connectivity index (χ2n) is 4.69. The molecular formula is C14H20FNO. The molecule has 0 saturated heterocycles. The maximum Gasteiger partial charge on any atom is 0.220 e. The summed E-state index contributed by atoms with van der Waals surface area (Å²) >= 11 is 0. The van der Waals surface area contributed by atoms with Gasteiger partial charge >= 0.3 is 0 Å². The zero-order valence-corrected chi connectivity index (χ0v) is 10.5. The third-order valence-corrected chi connectivity index (χ3v) is 2.59. The fourth-order valence-corrected chi connectivity index (χ4v) is 1.56. The smallest absolute Gasteiger partial charge is 0.220 e. The molecule has 1 aromatic rings. The maximum absolute atomic E-state index is 12.6. The number of halogens is 1. The highest BCUT2D eigenvalue weighted by Gasteiger charge is 2.02. The average molecular weight is 237 g/mol. The predicted octanol–water partition coefficient (Wildman–Crippen LogP) is 3.27. The Labute approximate surface area is 102 Å². The molecule has 3 heteroatoms. The molecule has 0 aromatic heterocycles. The lowest BCUT2D eigenvalue weighted by atomic mass is 10.1. The summed E-state index contributed by atoms with van der Waals surface area (Å²) in [6.45, 7) is 4.77. The van der Waals surface area contributed by atoms with Crippen LogP contribution < -0.4 is 5.32 Å². The van der Waals surface area contributed by atoms with Crippen LogP contribution in [0.3, 0.4) is 0 Å². The maximum atomic E-state index is 12.6. The molecule has 1 amide bonds. The Morgan fingerprint density at radius 2 is 1.94 bits per heavy atom. The summed E-state index contributed by atoms with van der Waals surface area (Å²) in [4.78, 5) is 11.5. The molecule has 17 heavy (non-hydrogen) atoms. The van der Waals surface area contributed by atoms with Gasteiger partial charge in [0.1, 0.15) is 5.82 Å². The van der Waals surface area contributed by atoms with E-state index < -0.39 is 0 Å². The summed E-state index contributed by atoms with van der Waals surface area (Å²) in [7, 11) is 0. The van der Waals surface area contributed by atoms with Gasteiger partial charge in [0, 0.05) is 13.0 Å². The summed E-state index contributed by atoms with van der Waals surface area (Å²) < 4.78 is 12.6. The Bertz CT molecular complexity index is 346. The van der Waals surface area contributed by atoms with Crippen LogP contribution in [0.15, 0.2) is 24.3 Å². The van der Waals surface area contributed by atoms with Crippen molar-refractivity contribution < 1.29 is 9.18 Å². The highest BCUT2D eigenvalue weighted by Crippen LogP contribution is 2.06. The van der Waals surface area contributed by atoms with Crippen LogP contribution in [-0.4, -0.2) is 5.91 Å². The molecule has 0 fully saturated rings. The van der Waals surface area contributed by atoms with Gasteiger partial charge in [-0.05, 0) is 30.0 Å². The van der Waals surface area contributed by atoms with Gasteiger partial charge in [0.05, 0.1) is 0 Å². The second-order valence-corrected chi connectivity index (χ2v) is 4.69. The van der Waals surface area contributed by atoms with E-state index in [0.29, 0.717) is 18.9 Å². The summed E-state index contributed by atoms with van der Waals surface area (Å²) in [6.07, 6.45) is 2.57. The van der Waals surface area contributed by atoms with Gasteiger partial charge in [-0.2, -0.15) is 0 Å². The molecule has 94 valence electrons. The lowest BCUT2D eigenvalue weighted by Crippen LogP contribution is -2.22. The molecule has 0 spiro atoms. The fourth-order valence-electron chi connectivity index (χ4n) is 1.56. The number of nitrogens with one attached hydrogen (secondary N) is 1. The molecule has 0 bridgehead atoms. The van der Waals surface area contributed by atoms with Gasteiger partial charge in [0.2, 0.25) is 5.91 Å². The van der Waals surface area contributed by atoms with Gasteiger partial charge in [0.15, 0.2) is 0 Å². The van der Waals surface area contributed by atoms with Crippen LogP contribution in [0, 0.1) is 11.7 Å². The minimum Gasteiger partial charge on any atom is -0.352 e. The van der Waals surface area contributed by atoms with Gasteiger partial charge in [-0.25, -0.2) is 4.39 Å². The van der Waals surface area contributed by atoms with Crippen molar-refractivity contribution in [3.05, 3.63) is 35.6 Å². The molecular weight excluding hydrogens is 217 g/mol. The molecule has 0 radical (unpaired) electrons. The van der Waals surface area contributed by atoms with Crippen LogP contribution in [0.1, 0.15) is 38.7 Å². The monoisotopic (exact) mass is 237 g/mol. The molecule has 0 saturated carbocycles. The van der Waals surface area contributed by atoms with Crippen molar-refractivity contribution in [3.8, 4) is 0 Å². The third kappa shape index (κ3) is 6.05. The number of hydrogen-bond acceptors (Lipinski definition) is 1. The lowest BCUT2D eigenvalue weighted by molar-refractivity contribution is -0.121. The number of rotatable bonds is 6. The predicted molar refractivity (Wildman–Crippen MR) is 66.9 cm³/mol. The second kappa shape index (κ2) is 7.05. The van der Waals surface area contributed by atoms with Crippen LogP contribution >= 0.6 is 0 Å².